The van der Waals surface area contributed by atoms with Crippen LogP contribution >= 0.6 is 11.6 Å². The van der Waals surface area contributed by atoms with Gasteiger partial charge in [0.1, 0.15) is 4.90 Å². The van der Waals surface area contributed by atoms with Crippen molar-refractivity contribution in [3.8, 4) is 0 Å². The number of morpholine rings is 1. The third-order valence-electron chi connectivity index (χ3n) is 3.60. The molecule has 0 amide bonds. The van der Waals surface area contributed by atoms with Gasteiger partial charge in [-0.05, 0) is 30.3 Å². The van der Waals surface area contributed by atoms with Crippen LogP contribution in [-0.2, 0) is 14.8 Å². The average molecular weight is 353 g/mol. The van der Waals surface area contributed by atoms with Gasteiger partial charge in [-0.2, -0.15) is 0 Å². The monoisotopic (exact) mass is 352 g/mol. The molecule has 5 nitrogen and oxygen atoms in total. The summed E-state index contributed by atoms with van der Waals surface area (Å²) in [4.78, 5) is 2.23. The number of benzene rings is 2. The van der Waals surface area contributed by atoms with Crippen molar-refractivity contribution in [1.29, 1.82) is 0 Å². The lowest BCUT2D eigenvalue weighted by atomic mass is 10.2. The van der Waals surface area contributed by atoms with Crippen LogP contribution in [0, 0.1) is 0 Å². The van der Waals surface area contributed by atoms with Crippen molar-refractivity contribution in [3.63, 3.8) is 0 Å². The number of nitrogens with one attached hydrogen (secondary N) is 1. The first-order chi connectivity index (χ1) is 11.1. The molecule has 1 aliphatic rings. The van der Waals surface area contributed by atoms with Crippen molar-refractivity contribution in [3.05, 3.63) is 53.6 Å². The minimum Gasteiger partial charge on any atom is -0.378 e. The molecule has 2 aromatic rings. The van der Waals surface area contributed by atoms with E-state index in [0.29, 0.717) is 18.9 Å². The van der Waals surface area contributed by atoms with Crippen molar-refractivity contribution >= 4 is 33.0 Å². The fourth-order valence-corrected chi connectivity index (χ4v) is 4.03. The number of hydrogen-bond acceptors (Lipinski definition) is 4. The second-order valence-corrected chi connectivity index (χ2v) is 7.24. The predicted molar refractivity (Wildman–Crippen MR) is 91.7 cm³/mol. The van der Waals surface area contributed by atoms with Crippen LogP contribution < -0.4 is 9.62 Å². The number of anilines is 2. The van der Waals surface area contributed by atoms with Crippen LogP contribution in [0.5, 0.6) is 0 Å². The Kier molecular flexibility index (Phi) is 4.75. The Hall–Kier alpha value is -1.76. The van der Waals surface area contributed by atoms with Gasteiger partial charge in [-0.25, -0.2) is 8.42 Å². The number of ether oxygens (including phenoxy) is 1. The zero-order valence-electron chi connectivity index (χ0n) is 12.4. The van der Waals surface area contributed by atoms with Crippen molar-refractivity contribution in [2.24, 2.45) is 0 Å². The molecule has 1 aliphatic heterocycles. The van der Waals surface area contributed by atoms with E-state index in [1.165, 1.54) is 6.07 Å². The highest BCUT2D eigenvalue weighted by atomic mass is 35.5. The van der Waals surface area contributed by atoms with E-state index < -0.39 is 10.0 Å². The highest BCUT2D eigenvalue weighted by Crippen LogP contribution is 2.25. The van der Waals surface area contributed by atoms with Crippen LogP contribution in [-0.4, -0.2) is 34.7 Å². The first-order valence-electron chi connectivity index (χ1n) is 7.26. The Morgan fingerprint density at radius 3 is 2.52 bits per heavy atom. The Balaban J connectivity index is 1.84. The van der Waals surface area contributed by atoms with E-state index in [2.05, 4.69) is 9.62 Å². The molecule has 122 valence electrons. The highest BCUT2D eigenvalue weighted by molar-refractivity contribution is 7.92. The van der Waals surface area contributed by atoms with Crippen molar-refractivity contribution in [2.75, 3.05) is 35.9 Å². The smallest absolute Gasteiger partial charge is 0.263 e. The molecule has 1 N–H and O–H groups in total. The molecular weight excluding hydrogens is 336 g/mol. The minimum atomic E-state index is -3.72. The Morgan fingerprint density at radius 1 is 1.04 bits per heavy atom. The van der Waals surface area contributed by atoms with Crippen molar-refractivity contribution in [2.45, 2.75) is 4.90 Å². The molecule has 0 aromatic heterocycles. The third kappa shape index (κ3) is 3.77. The summed E-state index contributed by atoms with van der Waals surface area (Å²) in [6.07, 6.45) is 0. The first-order valence-corrected chi connectivity index (χ1v) is 9.12. The maximum atomic E-state index is 12.5. The predicted octanol–water partition coefficient (Wildman–Crippen LogP) is 2.98. The normalized spacial score (nSPS) is 15.4. The van der Waals surface area contributed by atoms with Gasteiger partial charge in [0.2, 0.25) is 0 Å². The Morgan fingerprint density at radius 2 is 1.78 bits per heavy atom. The van der Waals surface area contributed by atoms with Gasteiger partial charge in [-0.3, -0.25) is 4.72 Å². The molecule has 0 saturated carbocycles. The van der Waals surface area contributed by atoms with Gasteiger partial charge in [0, 0.05) is 18.8 Å². The maximum Gasteiger partial charge on any atom is 0.263 e. The number of halogens is 1. The second-order valence-electron chi connectivity index (χ2n) is 5.19. The Labute approximate surface area is 140 Å². The quantitative estimate of drug-likeness (QED) is 0.919. The lowest BCUT2D eigenvalue weighted by Crippen LogP contribution is -2.36. The molecule has 0 unspecified atom stereocenters. The van der Waals surface area contributed by atoms with Crippen LogP contribution in [0.25, 0.3) is 0 Å². The SMILES string of the molecule is O=S(=O)(Nc1cccc(N2CCOCC2)c1)c1ccccc1Cl. The molecule has 0 atom stereocenters. The van der Waals surface area contributed by atoms with Gasteiger partial charge in [-0.1, -0.05) is 29.8 Å². The number of nitrogens with zero attached hydrogens (tertiary/aromatic N) is 1. The molecule has 23 heavy (non-hydrogen) atoms. The zero-order valence-corrected chi connectivity index (χ0v) is 14.0. The van der Waals surface area contributed by atoms with E-state index >= 15 is 0 Å². The van der Waals surface area contributed by atoms with E-state index in [1.807, 2.05) is 18.2 Å². The van der Waals surface area contributed by atoms with Crippen molar-refractivity contribution < 1.29 is 13.2 Å². The van der Waals surface area contributed by atoms with Gasteiger partial charge < -0.3 is 9.64 Å². The molecule has 1 heterocycles. The van der Waals surface area contributed by atoms with Crippen LogP contribution in [0.1, 0.15) is 0 Å². The molecule has 0 bridgehead atoms. The van der Waals surface area contributed by atoms with Gasteiger partial charge in [0.25, 0.3) is 10.0 Å². The fraction of sp³-hybridized carbons (Fsp3) is 0.250. The summed E-state index contributed by atoms with van der Waals surface area (Å²) in [6.45, 7) is 2.94. The summed E-state index contributed by atoms with van der Waals surface area (Å²) in [5.74, 6) is 0. The summed E-state index contributed by atoms with van der Waals surface area (Å²) in [6, 6.07) is 13.7. The molecule has 2 aromatic carbocycles. The lowest BCUT2D eigenvalue weighted by molar-refractivity contribution is 0.122. The van der Waals surface area contributed by atoms with Crippen LogP contribution in [0.4, 0.5) is 11.4 Å². The van der Waals surface area contributed by atoms with Gasteiger partial charge in [0.05, 0.1) is 23.9 Å². The lowest BCUT2D eigenvalue weighted by Gasteiger charge is -2.29. The second kappa shape index (κ2) is 6.78. The number of hydrogen-bond donors (Lipinski definition) is 1. The average Bonchev–Trinajstić information content (AvgIpc) is 2.56. The standard InChI is InChI=1S/C16H17ClN2O3S/c17-15-6-1-2-7-16(15)23(20,21)18-13-4-3-5-14(12-13)19-8-10-22-11-9-19/h1-7,12,18H,8-11H2. The summed E-state index contributed by atoms with van der Waals surface area (Å²) >= 11 is 5.99. The van der Waals surface area contributed by atoms with Crippen LogP contribution in [0.2, 0.25) is 5.02 Å². The summed E-state index contributed by atoms with van der Waals surface area (Å²) < 4.78 is 32.9. The number of sulfonamides is 1. The molecule has 1 fully saturated rings. The molecule has 0 spiro atoms. The van der Waals surface area contributed by atoms with Gasteiger partial charge in [0.15, 0.2) is 0 Å². The van der Waals surface area contributed by atoms with Gasteiger partial charge in [-0.15, -0.1) is 0 Å². The molecule has 0 radical (unpaired) electrons. The molecule has 7 heteroatoms. The van der Waals surface area contributed by atoms with E-state index in [4.69, 9.17) is 16.3 Å². The summed E-state index contributed by atoms with van der Waals surface area (Å²) in [7, 11) is -3.72. The largest absolute Gasteiger partial charge is 0.378 e. The zero-order chi connectivity index (χ0) is 16.3. The minimum absolute atomic E-state index is 0.0680. The van der Waals surface area contributed by atoms with Crippen molar-refractivity contribution in [1.82, 2.24) is 0 Å². The molecule has 1 saturated heterocycles. The highest BCUT2D eigenvalue weighted by Gasteiger charge is 2.18. The fourth-order valence-electron chi connectivity index (χ4n) is 2.46. The van der Waals surface area contributed by atoms with E-state index in [9.17, 15) is 8.42 Å². The third-order valence-corrected chi connectivity index (χ3v) is 5.48. The van der Waals surface area contributed by atoms with E-state index in [-0.39, 0.29) is 9.92 Å². The maximum absolute atomic E-state index is 12.5. The van der Waals surface area contributed by atoms with Crippen LogP contribution in [0.3, 0.4) is 0 Å². The number of rotatable bonds is 4. The van der Waals surface area contributed by atoms with E-state index in [1.54, 1.807) is 24.3 Å². The first kappa shape index (κ1) is 16.1. The molecular formula is C16H17ClN2O3S. The molecule has 0 aliphatic carbocycles. The van der Waals surface area contributed by atoms with Gasteiger partial charge >= 0.3 is 0 Å². The summed E-state index contributed by atoms with van der Waals surface area (Å²) in [5.41, 5.74) is 1.47. The topological polar surface area (TPSA) is 58.6 Å². The van der Waals surface area contributed by atoms with E-state index in [0.717, 1.165) is 18.8 Å². The summed E-state index contributed by atoms with van der Waals surface area (Å²) in [5, 5.41) is 0.198. The molecule has 3 rings (SSSR count). The Bertz CT molecular complexity index is 789. The van der Waals surface area contributed by atoms with Crippen LogP contribution in [0.15, 0.2) is 53.4 Å².